The van der Waals surface area contributed by atoms with Crippen molar-refractivity contribution in [1.82, 2.24) is 19.9 Å². The molecule has 1 saturated heterocycles. The predicted molar refractivity (Wildman–Crippen MR) is 74.9 cm³/mol. The van der Waals surface area contributed by atoms with Crippen LogP contribution in [0.5, 0.6) is 0 Å². The summed E-state index contributed by atoms with van der Waals surface area (Å²) < 4.78 is 1.38. The number of hydrogen-bond acceptors (Lipinski definition) is 4. The van der Waals surface area contributed by atoms with Crippen LogP contribution in [0.25, 0.3) is 11.0 Å². The molecule has 0 aliphatic carbocycles. The number of carbonyl (C=O) groups is 2. The number of amides is 1. The van der Waals surface area contributed by atoms with Crippen LogP contribution in [0.1, 0.15) is 29.6 Å². The monoisotopic (exact) mass is 288 g/mol. The summed E-state index contributed by atoms with van der Waals surface area (Å²) in [5, 5.41) is 17.1. The molecule has 110 valence electrons. The van der Waals surface area contributed by atoms with Crippen molar-refractivity contribution in [3.05, 3.63) is 23.8 Å². The molecular formula is C14H16N4O3. The molecule has 0 atom stereocenters. The Balaban J connectivity index is 1.90. The van der Waals surface area contributed by atoms with Crippen molar-refractivity contribution in [2.24, 2.45) is 0 Å². The molecule has 1 aromatic carbocycles. The third kappa shape index (κ3) is 2.58. The average molecular weight is 288 g/mol. The lowest BCUT2D eigenvalue weighted by Crippen LogP contribution is -2.38. The minimum Gasteiger partial charge on any atom is -0.478 e. The fourth-order valence-corrected chi connectivity index (χ4v) is 2.68. The first-order chi connectivity index (χ1) is 10.2. The first kappa shape index (κ1) is 13.5. The number of piperidine rings is 1. The number of carboxylic acids is 1. The number of benzene rings is 1. The molecule has 1 aliphatic rings. The molecule has 1 fully saturated rings. The molecular weight excluding hydrogens is 272 g/mol. The van der Waals surface area contributed by atoms with E-state index in [2.05, 4.69) is 10.3 Å². The Morgan fingerprint density at radius 1 is 1.19 bits per heavy atom. The molecule has 2 aromatic rings. The molecule has 1 amide bonds. The van der Waals surface area contributed by atoms with Crippen LogP contribution in [0.2, 0.25) is 0 Å². The molecule has 1 aromatic heterocycles. The second kappa shape index (κ2) is 5.51. The maximum atomic E-state index is 12.3. The Bertz CT molecular complexity index is 689. The number of carboxylic acid groups (broad SMARTS) is 1. The topological polar surface area (TPSA) is 88.3 Å². The van der Waals surface area contributed by atoms with E-state index in [-0.39, 0.29) is 18.0 Å². The average Bonchev–Trinajstić information content (AvgIpc) is 2.91. The number of aromatic carboxylic acids is 1. The highest BCUT2D eigenvalue weighted by molar-refractivity contribution is 6.01. The smallest absolute Gasteiger partial charge is 0.337 e. The molecule has 2 heterocycles. The Morgan fingerprint density at radius 2 is 1.95 bits per heavy atom. The third-order valence-corrected chi connectivity index (χ3v) is 3.76. The van der Waals surface area contributed by atoms with Gasteiger partial charge in [0, 0.05) is 13.1 Å². The van der Waals surface area contributed by atoms with E-state index in [1.807, 2.05) is 0 Å². The summed E-state index contributed by atoms with van der Waals surface area (Å²) in [4.78, 5) is 25.4. The first-order valence-corrected chi connectivity index (χ1v) is 7.00. The molecule has 0 unspecified atom stereocenters. The maximum absolute atomic E-state index is 12.3. The molecule has 21 heavy (non-hydrogen) atoms. The van der Waals surface area contributed by atoms with E-state index in [0.29, 0.717) is 11.0 Å². The first-order valence-electron chi connectivity index (χ1n) is 7.00. The zero-order valence-corrected chi connectivity index (χ0v) is 11.5. The highest BCUT2D eigenvalue weighted by atomic mass is 16.4. The van der Waals surface area contributed by atoms with Crippen molar-refractivity contribution in [3.8, 4) is 0 Å². The maximum Gasteiger partial charge on any atom is 0.337 e. The van der Waals surface area contributed by atoms with Crippen molar-refractivity contribution >= 4 is 22.9 Å². The lowest BCUT2D eigenvalue weighted by molar-refractivity contribution is -0.132. The quantitative estimate of drug-likeness (QED) is 0.915. The number of likely N-dealkylation sites (tertiary alicyclic amines) is 1. The SMILES string of the molecule is O=C(O)c1cccc2nnn(CC(=O)N3CCCCC3)c12. The van der Waals surface area contributed by atoms with Gasteiger partial charge in [-0.15, -0.1) is 5.10 Å². The molecule has 1 aliphatic heterocycles. The molecule has 1 N–H and O–H groups in total. The van der Waals surface area contributed by atoms with Gasteiger partial charge in [-0.05, 0) is 31.4 Å². The fourth-order valence-electron chi connectivity index (χ4n) is 2.68. The summed E-state index contributed by atoms with van der Waals surface area (Å²) in [5.41, 5.74) is 1.00. The molecule has 3 rings (SSSR count). The molecule has 0 radical (unpaired) electrons. The number of nitrogens with zero attached hydrogens (tertiary/aromatic N) is 4. The van der Waals surface area contributed by atoms with Gasteiger partial charge < -0.3 is 10.0 Å². The summed E-state index contributed by atoms with van der Waals surface area (Å²) in [5.74, 6) is -1.09. The van der Waals surface area contributed by atoms with E-state index in [1.54, 1.807) is 17.0 Å². The van der Waals surface area contributed by atoms with E-state index in [0.717, 1.165) is 32.4 Å². The van der Waals surface area contributed by atoms with E-state index in [4.69, 9.17) is 0 Å². The number of fused-ring (bicyclic) bond motifs is 1. The van der Waals surface area contributed by atoms with E-state index in [1.165, 1.54) is 10.7 Å². The normalized spacial score (nSPS) is 15.3. The number of aromatic nitrogens is 3. The van der Waals surface area contributed by atoms with Crippen LogP contribution in [-0.2, 0) is 11.3 Å². The number of para-hydroxylation sites is 1. The zero-order chi connectivity index (χ0) is 14.8. The van der Waals surface area contributed by atoms with Crippen LogP contribution in [0.15, 0.2) is 18.2 Å². The van der Waals surface area contributed by atoms with E-state index >= 15 is 0 Å². The molecule has 7 heteroatoms. The van der Waals surface area contributed by atoms with E-state index < -0.39 is 5.97 Å². The Kier molecular flexibility index (Phi) is 3.55. The van der Waals surface area contributed by atoms with Crippen molar-refractivity contribution in [1.29, 1.82) is 0 Å². The predicted octanol–water partition coefficient (Wildman–Crippen LogP) is 1.14. The number of hydrogen-bond donors (Lipinski definition) is 1. The van der Waals surface area contributed by atoms with Crippen LogP contribution in [0.3, 0.4) is 0 Å². The lowest BCUT2D eigenvalue weighted by atomic mass is 10.1. The van der Waals surface area contributed by atoms with Gasteiger partial charge in [-0.25, -0.2) is 9.48 Å². The van der Waals surface area contributed by atoms with Gasteiger partial charge in [0.1, 0.15) is 17.6 Å². The van der Waals surface area contributed by atoms with Gasteiger partial charge in [-0.1, -0.05) is 11.3 Å². The Hall–Kier alpha value is -2.44. The summed E-state index contributed by atoms with van der Waals surface area (Å²) in [6, 6.07) is 4.81. The second-order valence-corrected chi connectivity index (χ2v) is 5.17. The minimum absolute atomic E-state index is 0.0286. The molecule has 0 saturated carbocycles. The van der Waals surface area contributed by atoms with Crippen LogP contribution in [0, 0.1) is 0 Å². The fraction of sp³-hybridized carbons (Fsp3) is 0.429. The van der Waals surface area contributed by atoms with E-state index in [9.17, 15) is 14.7 Å². The van der Waals surface area contributed by atoms with Crippen molar-refractivity contribution in [3.63, 3.8) is 0 Å². The molecule has 7 nitrogen and oxygen atoms in total. The Morgan fingerprint density at radius 3 is 2.67 bits per heavy atom. The van der Waals surface area contributed by atoms with Gasteiger partial charge in [0.05, 0.1) is 5.56 Å². The highest BCUT2D eigenvalue weighted by Gasteiger charge is 2.20. The summed E-state index contributed by atoms with van der Waals surface area (Å²) in [7, 11) is 0. The van der Waals surface area contributed by atoms with Crippen LogP contribution in [0.4, 0.5) is 0 Å². The summed E-state index contributed by atoms with van der Waals surface area (Å²) >= 11 is 0. The van der Waals surface area contributed by atoms with Crippen molar-refractivity contribution in [2.45, 2.75) is 25.8 Å². The van der Waals surface area contributed by atoms with Crippen LogP contribution >= 0.6 is 0 Å². The van der Waals surface area contributed by atoms with Crippen LogP contribution < -0.4 is 0 Å². The minimum atomic E-state index is -1.05. The second-order valence-electron chi connectivity index (χ2n) is 5.17. The summed E-state index contributed by atoms with van der Waals surface area (Å²) in [6.45, 7) is 1.55. The van der Waals surface area contributed by atoms with Crippen molar-refractivity contribution < 1.29 is 14.7 Å². The largest absolute Gasteiger partial charge is 0.478 e. The lowest BCUT2D eigenvalue weighted by Gasteiger charge is -2.26. The highest BCUT2D eigenvalue weighted by Crippen LogP contribution is 2.17. The molecule has 0 bridgehead atoms. The zero-order valence-electron chi connectivity index (χ0n) is 11.5. The van der Waals surface area contributed by atoms with Gasteiger partial charge in [0.15, 0.2) is 0 Å². The van der Waals surface area contributed by atoms with Gasteiger partial charge >= 0.3 is 5.97 Å². The third-order valence-electron chi connectivity index (χ3n) is 3.76. The Labute approximate surface area is 121 Å². The van der Waals surface area contributed by atoms with Crippen molar-refractivity contribution in [2.75, 3.05) is 13.1 Å². The number of rotatable bonds is 3. The summed E-state index contributed by atoms with van der Waals surface area (Å²) in [6.07, 6.45) is 3.19. The van der Waals surface area contributed by atoms with Crippen LogP contribution in [-0.4, -0.2) is 50.0 Å². The van der Waals surface area contributed by atoms with Gasteiger partial charge in [-0.2, -0.15) is 0 Å². The molecule has 0 spiro atoms. The van der Waals surface area contributed by atoms with Gasteiger partial charge in [0.2, 0.25) is 5.91 Å². The van der Waals surface area contributed by atoms with Gasteiger partial charge in [0.25, 0.3) is 0 Å². The van der Waals surface area contributed by atoms with Gasteiger partial charge in [-0.3, -0.25) is 4.79 Å². The standard InChI is InChI=1S/C14H16N4O3/c19-12(17-7-2-1-3-8-17)9-18-13-10(14(20)21)5-4-6-11(13)15-16-18/h4-6H,1-3,7-9H2,(H,20,21). The number of carbonyl (C=O) groups excluding carboxylic acids is 1.